The van der Waals surface area contributed by atoms with Gasteiger partial charge in [-0.3, -0.25) is 4.79 Å². The molecule has 0 bridgehead atoms. The highest BCUT2D eigenvalue weighted by molar-refractivity contribution is 5.76. The molecule has 1 saturated heterocycles. The third kappa shape index (κ3) is 4.07. The molecule has 1 aliphatic rings. The van der Waals surface area contributed by atoms with Crippen LogP contribution in [0.25, 0.3) is 0 Å². The number of nitrogens with zero attached hydrogens (tertiary/aromatic N) is 1. The van der Waals surface area contributed by atoms with E-state index in [0.29, 0.717) is 12.8 Å². The van der Waals surface area contributed by atoms with Crippen molar-refractivity contribution in [1.82, 2.24) is 4.90 Å². The summed E-state index contributed by atoms with van der Waals surface area (Å²) in [7, 11) is 0. The van der Waals surface area contributed by atoms with Crippen molar-refractivity contribution in [2.75, 3.05) is 13.1 Å². The number of rotatable bonds is 4. The van der Waals surface area contributed by atoms with Gasteiger partial charge in [0, 0.05) is 19.5 Å². The third-order valence-corrected chi connectivity index (χ3v) is 4.23. The van der Waals surface area contributed by atoms with Gasteiger partial charge in [0.15, 0.2) is 0 Å². The maximum absolute atomic E-state index is 12.1. The molecule has 0 radical (unpaired) electrons. The highest BCUT2D eigenvalue weighted by Gasteiger charge is 2.20. The predicted octanol–water partition coefficient (Wildman–Crippen LogP) is 3.07. The summed E-state index contributed by atoms with van der Waals surface area (Å²) in [6.45, 7) is 6.02. The molecular weight excluding hydrogens is 250 g/mol. The molecule has 0 aliphatic carbocycles. The Morgan fingerprint density at radius 1 is 1.30 bits per heavy atom. The molecule has 1 aromatic rings. The van der Waals surface area contributed by atoms with Crippen LogP contribution in [0, 0.1) is 12.8 Å². The van der Waals surface area contributed by atoms with Crippen LogP contribution in [-0.2, 0) is 4.79 Å². The van der Waals surface area contributed by atoms with Gasteiger partial charge in [-0.1, -0.05) is 36.8 Å². The van der Waals surface area contributed by atoms with Gasteiger partial charge in [0.25, 0.3) is 0 Å². The Morgan fingerprint density at radius 2 is 1.90 bits per heavy atom. The number of carbonyl (C=O) groups excluding carboxylic acids is 1. The summed E-state index contributed by atoms with van der Waals surface area (Å²) in [5, 5.41) is 10.1. The van der Waals surface area contributed by atoms with Crippen molar-refractivity contribution in [2.45, 2.75) is 45.6 Å². The Hall–Kier alpha value is -1.35. The molecule has 0 spiro atoms. The van der Waals surface area contributed by atoms with Gasteiger partial charge < -0.3 is 10.0 Å². The van der Waals surface area contributed by atoms with Gasteiger partial charge >= 0.3 is 0 Å². The largest absolute Gasteiger partial charge is 0.388 e. The summed E-state index contributed by atoms with van der Waals surface area (Å²) in [6, 6.07) is 7.86. The second-order valence-electron chi connectivity index (χ2n) is 6.03. The van der Waals surface area contributed by atoms with E-state index in [-0.39, 0.29) is 5.91 Å². The number of amides is 1. The zero-order chi connectivity index (χ0) is 14.5. The molecule has 2 rings (SSSR count). The fraction of sp³-hybridized carbons (Fsp3) is 0.588. The standard InChI is InChI=1S/C17H25NO2/c1-13-3-5-15(6-4-13)16(19)7-8-17(20)18-11-9-14(2)10-12-18/h3-6,14,16,19H,7-12H2,1-2H3. The first-order valence-corrected chi connectivity index (χ1v) is 7.58. The molecule has 3 heteroatoms. The number of hydrogen-bond donors (Lipinski definition) is 1. The van der Waals surface area contributed by atoms with E-state index in [9.17, 15) is 9.90 Å². The quantitative estimate of drug-likeness (QED) is 0.917. The van der Waals surface area contributed by atoms with Crippen LogP contribution in [0.3, 0.4) is 0 Å². The molecule has 1 heterocycles. The molecule has 1 N–H and O–H groups in total. The highest BCUT2D eigenvalue weighted by atomic mass is 16.3. The monoisotopic (exact) mass is 275 g/mol. The van der Waals surface area contributed by atoms with Crippen molar-refractivity contribution >= 4 is 5.91 Å². The molecular formula is C17H25NO2. The molecule has 1 fully saturated rings. The first-order valence-electron chi connectivity index (χ1n) is 7.58. The molecule has 20 heavy (non-hydrogen) atoms. The molecule has 1 amide bonds. The maximum atomic E-state index is 12.1. The lowest BCUT2D eigenvalue weighted by Gasteiger charge is -2.30. The van der Waals surface area contributed by atoms with Gasteiger partial charge in [-0.2, -0.15) is 0 Å². The predicted molar refractivity (Wildman–Crippen MR) is 80.4 cm³/mol. The average molecular weight is 275 g/mol. The van der Waals surface area contributed by atoms with E-state index in [1.54, 1.807) is 0 Å². The normalized spacial score (nSPS) is 18.1. The van der Waals surface area contributed by atoms with E-state index in [1.165, 1.54) is 5.56 Å². The van der Waals surface area contributed by atoms with Crippen molar-refractivity contribution in [3.8, 4) is 0 Å². The van der Waals surface area contributed by atoms with Gasteiger partial charge in [-0.15, -0.1) is 0 Å². The van der Waals surface area contributed by atoms with Gasteiger partial charge in [0.1, 0.15) is 0 Å². The lowest BCUT2D eigenvalue weighted by atomic mass is 9.98. The molecule has 1 aliphatic heterocycles. The van der Waals surface area contributed by atoms with Crippen LogP contribution >= 0.6 is 0 Å². The van der Waals surface area contributed by atoms with E-state index >= 15 is 0 Å². The zero-order valence-electron chi connectivity index (χ0n) is 12.5. The molecule has 3 nitrogen and oxygen atoms in total. The van der Waals surface area contributed by atoms with Crippen LogP contribution in [0.1, 0.15) is 49.8 Å². The summed E-state index contributed by atoms with van der Waals surface area (Å²) >= 11 is 0. The first kappa shape index (κ1) is 15.0. The van der Waals surface area contributed by atoms with Crippen molar-refractivity contribution in [1.29, 1.82) is 0 Å². The molecule has 110 valence electrons. The van der Waals surface area contributed by atoms with Gasteiger partial charge in [-0.05, 0) is 37.7 Å². The molecule has 1 aromatic carbocycles. The van der Waals surface area contributed by atoms with Crippen LogP contribution in [0.5, 0.6) is 0 Å². The smallest absolute Gasteiger partial charge is 0.222 e. The van der Waals surface area contributed by atoms with Crippen LogP contribution < -0.4 is 0 Å². The lowest BCUT2D eigenvalue weighted by molar-refractivity contribution is -0.133. The molecule has 1 unspecified atom stereocenters. The topological polar surface area (TPSA) is 40.5 Å². The third-order valence-electron chi connectivity index (χ3n) is 4.23. The Morgan fingerprint density at radius 3 is 2.50 bits per heavy atom. The summed E-state index contributed by atoms with van der Waals surface area (Å²) in [5.74, 6) is 0.917. The zero-order valence-corrected chi connectivity index (χ0v) is 12.5. The average Bonchev–Trinajstić information content (AvgIpc) is 2.46. The fourth-order valence-electron chi connectivity index (χ4n) is 2.63. The number of aryl methyl sites for hydroxylation is 1. The van der Waals surface area contributed by atoms with Crippen molar-refractivity contribution < 1.29 is 9.90 Å². The Bertz CT molecular complexity index is 433. The summed E-state index contributed by atoms with van der Waals surface area (Å²) in [6.07, 6.45) is 2.61. The Labute approximate surface area is 121 Å². The molecule has 0 saturated carbocycles. The second kappa shape index (κ2) is 6.89. The minimum atomic E-state index is -0.539. The van der Waals surface area contributed by atoms with E-state index in [0.717, 1.165) is 37.4 Å². The molecule has 1 atom stereocenters. The van der Waals surface area contributed by atoms with Crippen molar-refractivity contribution in [3.05, 3.63) is 35.4 Å². The summed E-state index contributed by atoms with van der Waals surface area (Å²) in [4.78, 5) is 14.1. The second-order valence-corrected chi connectivity index (χ2v) is 6.03. The van der Waals surface area contributed by atoms with Crippen LogP contribution in [0.2, 0.25) is 0 Å². The lowest BCUT2D eigenvalue weighted by Crippen LogP contribution is -2.37. The first-order chi connectivity index (χ1) is 9.56. The summed E-state index contributed by atoms with van der Waals surface area (Å²) < 4.78 is 0. The van der Waals surface area contributed by atoms with E-state index in [2.05, 4.69) is 6.92 Å². The van der Waals surface area contributed by atoms with Gasteiger partial charge in [-0.25, -0.2) is 0 Å². The van der Waals surface area contributed by atoms with E-state index in [4.69, 9.17) is 0 Å². The minimum absolute atomic E-state index is 0.183. The fourth-order valence-corrected chi connectivity index (χ4v) is 2.63. The van der Waals surface area contributed by atoms with Crippen LogP contribution in [0.4, 0.5) is 0 Å². The minimum Gasteiger partial charge on any atom is -0.388 e. The number of aliphatic hydroxyl groups is 1. The van der Waals surface area contributed by atoms with Gasteiger partial charge in [0.05, 0.1) is 6.10 Å². The Kier molecular flexibility index (Phi) is 5.18. The maximum Gasteiger partial charge on any atom is 0.222 e. The van der Waals surface area contributed by atoms with Gasteiger partial charge in [0.2, 0.25) is 5.91 Å². The van der Waals surface area contributed by atoms with E-state index < -0.39 is 6.10 Å². The number of benzene rings is 1. The van der Waals surface area contributed by atoms with E-state index in [1.807, 2.05) is 36.1 Å². The van der Waals surface area contributed by atoms with Crippen LogP contribution in [-0.4, -0.2) is 29.0 Å². The number of likely N-dealkylation sites (tertiary alicyclic amines) is 1. The highest BCUT2D eigenvalue weighted by Crippen LogP contribution is 2.21. The number of hydrogen-bond acceptors (Lipinski definition) is 2. The number of aliphatic hydroxyl groups excluding tert-OH is 1. The Balaban J connectivity index is 1.79. The van der Waals surface area contributed by atoms with Crippen LogP contribution in [0.15, 0.2) is 24.3 Å². The number of carbonyl (C=O) groups is 1. The van der Waals surface area contributed by atoms with Crippen molar-refractivity contribution in [2.24, 2.45) is 5.92 Å². The number of piperidine rings is 1. The van der Waals surface area contributed by atoms with Crippen molar-refractivity contribution in [3.63, 3.8) is 0 Å². The molecule has 0 aromatic heterocycles. The SMILES string of the molecule is Cc1ccc(C(O)CCC(=O)N2CCC(C)CC2)cc1. The summed E-state index contributed by atoms with van der Waals surface area (Å²) in [5.41, 5.74) is 2.08.